The molecule has 0 aliphatic rings. The quantitative estimate of drug-likeness (QED) is 0.753. The van der Waals surface area contributed by atoms with Crippen LogP contribution in [0.3, 0.4) is 0 Å². The molecule has 0 heterocycles. The van der Waals surface area contributed by atoms with E-state index in [9.17, 15) is 9.18 Å². The molecule has 0 radical (unpaired) electrons. The highest BCUT2D eigenvalue weighted by atomic mass is 19.1. The van der Waals surface area contributed by atoms with Crippen molar-refractivity contribution in [2.45, 2.75) is 26.4 Å². The zero-order valence-electron chi connectivity index (χ0n) is 13.9. The van der Waals surface area contributed by atoms with Gasteiger partial charge in [-0.2, -0.15) is 0 Å². The summed E-state index contributed by atoms with van der Waals surface area (Å²) in [5, 5.41) is 2.74. The van der Waals surface area contributed by atoms with Gasteiger partial charge in [-0.25, -0.2) is 4.39 Å². The molecule has 1 amide bonds. The number of rotatable bonds is 8. The van der Waals surface area contributed by atoms with E-state index < -0.39 is 11.9 Å². The molecule has 0 aromatic heterocycles. The van der Waals surface area contributed by atoms with E-state index in [2.05, 4.69) is 5.32 Å². The smallest absolute Gasteiger partial charge is 0.261 e. The predicted octanol–water partition coefficient (Wildman–Crippen LogP) is 3.49. The molecule has 128 valence electrons. The van der Waals surface area contributed by atoms with E-state index >= 15 is 0 Å². The molecule has 0 spiro atoms. The Balaban J connectivity index is 1.77. The summed E-state index contributed by atoms with van der Waals surface area (Å²) in [6.07, 6.45) is -0.291. The van der Waals surface area contributed by atoms with E-state index in [4.69, 9.17) is 9.47 Å². The molecule has 2 rings (SSSR count). The number of carbonyl (C=O) groups excluding carboxylic acids is 1. The number of para-hydroxylation sites is 1. The summed E-state index contributed by atoms with van der Waals surface area (Å²) in [6, 6.07) is 13.7. The predicted molar refractivity (Wildman–Crippen MR) is 90.8 cm³/mol. The molecule has 24 heavy (non-hydrogen) atoms. The van der Waals surface area contributed by atoms with Crippen LogP contribution in [0.15, 0.2) is 48.5 Å². The summed E-state index contributed by atoms with van der Waals surface area (Å²) < 4.78 is 24.6. The van der Waals surface area contributed by atoms with Crippen LogP contribution >= 0.6 is 0 Å². The fraction of sp³-hybridized carbons (Fsp3) is 0.316. The number of hydrogen-bond donors (Lipinski definition) is 1. The van der Waals surface area contributed by atoms with Crippen molar-refractivity contribution in [2.24, 2.45) is 0 Å². The second-order valence-corrected chi connectivity index (χ2v) is 5.40. The summed E-state index contributed by atoms with van der Waals surface area (Å²) in [6.45, 7) is 4.52. The fourth-order valence-corrected chi connectivity index (χ4v) is 2.11. The molecule has 1 atom stereocenters. The molecule has 0 aliphatic heterocycles. The number of nitrogens with one attached hydrogen (secondary N) is 1. The minimum absolute atomic E-state index is 0.0791. The first-order valence-corrected chi connectivity index (χ1v) is 7.98. The Morgan fingerprint density at radius 1 is 1.17 bits per heavy atom. The van der Waals surface area contributed by atoms with E-state index in [1.807, 2.05) is 38.1 Å². The van der Waals surface area contributed by atoms with E-state index in [1.54, 1.807) is 12.1 Å². The second-order valence-electron chi connectivity index (χ2n) is 5.40. The Bertz CT molecular complexity index is 658. The first-order chi connectivity index (χ1) is 11.6. The van der Waals surface area contributed by atoms with E-state index in [0.717, 1.165) is 11.3 Å². The van der Waals surface area contributed by atoms with Crippen LogP contribution in [0.5, 0.6) is 11.5 Å². The summed E-state index contributed by atoms with van der Waals surface area (Å²) in [5.41, 5.74) is 1.16. The van der Waals surface area contributed by atoms with Crippen molar-refractivity contribution in [3.8, 4) is 11.5 Å². The second kappa shape index (κ2) is 8.91. The van der Waals surface area contributed by atoms with Crippen molar-refractivity contribution in [1.82, 2.24) is 5.32 Å². The third-order valence-corrected chi connectivity index (χ3v) is 3.46. The van der Waals surface area contributed by atoms with Gasteiger partial charge < -0.3 is 14.8 Å². The Labute approximate surface area is 141 Å². The fourth-order valence-electron chi connectivity index (χ4n) is 2.11. The van der Waals surface area contributed by atoms with Crippen LogP contribution in [0, 0.1) is 12.7 Å². The zero-order chi connectivity index (χ0) is 17.4. The average molecular weight is 331 g/mol. The van der Waals surface area contributed by atoms with E-state index in [0.29, 0.717) is 19.6 Å². The summed E-state index contributed by atoms with van der Waals surface area (Å²) in [5.74, 6) is 0.0691. The van der Waals surface area contributed by atoms with Crippen molar-refractivity contribution in [1.29, 1.82) is 0 Å². The lowest BCUT2D eigenvalue weighted by Gasteiger charge is -2.17. The third-order valence-electron chi connectivity index (χ3n) is 3.46. The first-order valence-electron chi connectivity index (χ1n) is 7.98. The van der Waals surface area contributed by atoms with Crippen LogP contribution in [0.2, 0.25) is 0 Å². The van der Waals surface area contributed by atoms with Crippen LogP contribution in [0.4, 0.5) is 4.39 Å². The number of amides is 1. The maximum absolute atomic E-state index is 13.6. The van der Waals surface area contributed by atoms with Gasteiger partial charge >= 0.3 is 0 Å². The van der Waals surface area contributed by atoms with Gasteiger partial charge in [-0.1, -0.05) is 36.8 Å². The SMILES string of the molecule is CCC(Oc1ccccc1F)C(=O)NCCOc1ccc(C)cc1. The number of carbonyl (C=O) groups is 1. The van der Waals surface area contributed by atoms with Crippen molar-refractivity contribution in [3.05, 3.63) is 59.9 Å². The maximum atomic E-state index is 13.6. The molecular weight excluding hydrogens is 309 g/mol. The average Bonchev–Trinajstić information content (AvgIpc) is 2.59. The standard InChI is InChI=1S/C19H22FNO3/c1-3-17(24-18-7-5-4-6-16(18)20)19(22)21-12-13-23-15-10-8-14(2)9-11-15/h4-11,17H,3,12-13H2,1-2H3,(H,21,22). The lowest BCUT2D eigenvalue weighted by Crippen LogP contribution is -2.39. The molecule has 0 saturated carbocycles. The number of hydrogen-bond acceptors (Lipinski definition) is 3. The summed E-state index contributed by atoms with van der Waals surface area (Å²) in [7, 11) is 0. The van der Waals surface area contributed by atoms with Gasteiger partial charge in [0.2, 0.25) is 0 Å². The molecule has 1 N–H and O–H groups in total. The third kappa shape index (κ3) is 5.26. The first kappa shape index (κ1) is 17.8. The number of aryl methyl sites for hydroxylation is 1. The largest absolute Gasteiger partial charge is 0.492 e. The van der Waals surface area contributed by atoms with Crippen molar-refractivity contribution in [3.63, 3.8) is 0 Å². The Kier molecular flexibility index (Phi) is 6.61. The van der Waals surface area contributed by atoms with Gasteiger partial charge in [-0.15, -0.1) is 0 Å². The minimum atomic E-state index is -0.735. The maximum Gasteiger partial charge on any atom is 0.261 e. The van der Waals surface area contributed by atoms with Crippen LogP contribution < -0.4 is 14.8 Å². The highest BCUT2D eigenvalue weighted by molar-refractivity contribution is 5.81. The van der Waals surface area contributed by atoms with Crippen molar-refractivity contribution >= 4 is 5.91 Å². The molecule has 5 heteroatoms. The van der Waals surface area contributed by atoms with Gasteiger partial charge in [0.25, 0.3) is 5.91 Å². The molecule has 0 fully saturated rings. The number of halogens is 1. The van der Waals surface area contributed by atoms with Crippen LogP contribution in [0.1, 0.15) is 18.9 Å². The molecule has 4 nitrogen and oxygen atoms in total. The normalized spacial score (nSPS) is 11.6. The van der Waals surface area contributed by atoms with Crippen molar-refractivity contribution in [2.75, 3.05) is 13.2 Å². The van der Waals surface area contributed by atoms with E-state index in [1.165, 1.54) is 12.1 Å². The lowest BCUT2D eigenvalue weighted by atomic mass is 10.2. The van der Waals surface area contributed by atoms with Gasteiger partial charge in [-0.3, -0.25) is 4.79 Å². The lowest BCUT2D eigenvalue weighted by molar-refractivity contribution is -0.128. The molecule has 1 unspecified atom stereocenters. The Hall–Kier alpha value is -2.56. The Morgan fingerprint density at radius 2 is 1.88 bits per heavy atom. The topological polar surface area (TPSA) is 47.6 Å². The highest BCUT2D eigenvalue weighted by Crippen LogP contribution is 2.18. The van der Waals surface area contributed by atoms with Crippen LogP contribution in [-0.4, -0.2) is 25.2 Å². The molecule has 2 aromatic rings. The molecule has 0 bridgehead atoms. The molecule has 0 saturated heterocycles. The van der Waals surface area contributed by atoms with Crippen molar-refractivity contribution < 1.29 is 18.7 Å². The Morgan fingerprint density at radius 3 is 2.54 bits per heavy atom. The van der Waals surface area contributed by atoms with Gasteiger partial charge in [0.1, 0.15) is 12.4 Å². The van der Waals surface area contributed by atoms with Crippen LogP contribution in [-0.2, 0) is 4.79 Å². The number of benzene rings is 2. The molecule has 0 aliphatic carbocycles. The highest BCUT2D eigenvalue weighted by Gasteiger charge is 2.19. The monoisotopic (exact) mass is 331 g/mol. The molecular formula is C19H22FNO3. The van der Waals surface area contributed by atoms with Gasteiger partial charge in [-0.05, 0) is 37.6 Å². The summed E-state index contributed by atoms with van der Waals surface area (Å²) >= 11 is 0. The number of ether oxygens (including phenoxy) is 2. The van der Waals surface area contributed by atoms with E-state index in [-0.39, 0.29) is 11.7 Å². The van der Waals surface area contributed by atoms with Gasteiger partial charge in [0, 0.05) is 0 Å². The summed E-state index contributed by atoms with van der Waals surface area (Å²) in [4.78, 5) is 12.1. The molecule has 2 aromatic carbocycles. The van der Waals surface area contributed by atoms with Gasteiger partial charge in [0.05, 0.1) is 6.54 Å². The van der Waals surface area contributed by atoms with Gasteiger partial charge in [0.15, 0.2) is 17.7 Å². The van der Waals surface area contributed by atoms with Crippen LogP contribution in [0.25, 0.3) is 0 Å². The zero-order valence-corrected chi connectivity index (χ0v) is 13.9. The minimum Gasteiger partial charge on any atom is -0.492 e.